The molecule has 1 amide bonds. The van der Waals surface area contributed by atoms with Crippen molar-refractivity contribution in [2.75, 3.05) is 6.54 Å². The monoisotopic (exact) mass is 454 g/mol. The highest BCUT2D eigenvalue weighted by Crippen LogP contribution is 2.42. The first kappa shape index (κ1) is 23.5. The van der Waals surface area contributed by atoms with E-state index in [1.54, 1.807) is 24.9 Å². The third-order valence-electron chi connectivity index (χ3n) is 6.15. The van der Waals surface area contributed by atoms with Gasteiger partial charge in [-0.05, 0) is 62.1 Å². The summed E-state index contributed by atoms with van der Waals surface area (Å²) < 4.78 is 6.10. The first-order valence-electron chi connectivity index (χ1n) is 11.6. The van der Waals surface area contributed by atoms with Crippen LogP contribution in [0.1, 0.15) is 62.0 Å². The zero-order valence-electron chi connectivity index (χ0n) is 19.9. The summed E-state index contributed by atoms with van der Waals surface area (Å²) in [4.78, 5) is 19.2. The highest BCUT2D eigenvalue weighted by atomic mass is 16.6. The second kappa shape index (κ2) is 9.70. The van der Waals surface area contributed by atoms with Crippen molar-refractivity contribution in [1.29, 1.82) is 0 Å². The van der Waals surface area contributed by atoms with Crippen LogP contribution in [0.3, 0.4) is 0 Å². The quantitative estimate of drug-likeness (QED) is 0.522. The Labute approximate surface area is 201 Å². The number of rotatable bonds is 5. The Kier molecular flexibility index (Phi) is 6.72. The van der Waals surface area contributed by atoms with E-state index in [1.165, 1.54) is 0 Å². The molecule has 0 spiro atoms. The molecule has 2 heterocycles. The van der Waals surface area contributed by atoms with Crippen LogP contribution in [0.4, 0.5) is 4.79 Å². The van der Waals surface area contributed by atoms with Crippen molar-refractivity contribution in [3.63, 3.8) is 0 Å². The SMILES string of the molecule is C[C@@H](c1ccc(C#Cc2ccccn2)cc1)N1CC[C@](CC(C)(C)O)(c2ccccc2)OC1=O. The normalized spacial score (nSPS) is 19.1. The molecule has 1 aromatic heterocycles. The fourth-order valence-corrected chi connectivity index (χ4v) is 4.49. The molecule has 5 heteroatoms. The summed E-state index contributed by atoms with van der Waals surface area (Å²) in [5.74, 6) is 6.18. The van der Waals surface area contributed by atoms with Crippen molar-refractivity contribution >= 4 is 6.09 Å². The molecule has 1 fully saturated rings. The predicted molar refractivity (Wildman–Crippen MR) is 132 cm³/mol. The minimum atomic E-state index is -0.976. The second-order valence-corrected chi connectivity index (χ2v) is 9.42. The maximum absolute atomic E-state index is 13.2. The molecule has 1 aliphatic heterocycles. The van der Waals surface area contributed by atoms with Gasteiger partial charge in [0.1, 0.15) is 11.3 Å². The standard InChI is InChI=1S/C29H30N2O3/c1-22(24-15-12-23(13-16-24)14-17-26-11-7-8-19-30-26)31-20-18-29(34-27(31)32,21-28(2,3)33)25-9-5-4-6-10-25/h4-13,15-16,19,22,33H,18,20-21H2,1-3H3/t22-,29-/m0/s1. The molecule has 174 valence electrons. The van der Waals surface area contributed by atoms with E-state index >= 15 is 0 Å². The Balaban J connectivity index is 1.49. The van der Waals surface area contributed by atoms with Gasteiger partial charge in [-0.15, -0.1) is 0 Å². The van der Waals surface area contributed by atoms with Crippen LogP contribution in [0.15, 0.2) is 79.0 Å². The van der Waals surface area contributed by atoms with E-state index in [2.05, 4.69) is 16.8 Å². The minimum Gasteiger partial charge on any atom is -0.438 e. The molecule has 3 aromatic rings. The average Bonchev–Trinajstić information content (AvgIpc) is 2.83. The van der Waals surface area contributed by atoms with Crippen LogP contribution in [0.2, 0.25) is 0 Å². The third-order valence-corrected chi connectivity index (χ3v) is 6.15. The summed E-state index contributed by atoms with van der Waals surface area (Å²) >= 11 is 0. The second-order valence-electron chi connectivity index (χ2n) is 9.42. The molecule has 0 saturated carbocycles. The maximum Gasteiger partial charge on any atom is 0.411 e. The molecule has 4 rings (SSSR count). The molecule has 34 heavy (non-hydrogen) atoms. The van der Waals surface area contributed by atoms with Crippen molar-refractivity contribution in [2.24, 2.45) is 0 Å². The first-order valence-corrected chi connectivity index (χ1v) is 11.6. The van der Waals surface area contributed by atoms with Gasteiger partial charge < -0.3 is 14.7 Å². The Bertz CT molecular complexity index is 1180. The highest BCUT2D eigenvalue weighted by molar-refractivity contribution is 5.70. The number of amides is 1. The maximum atomic E-state index is 13.2. The molecule has 1 saturated heterocycles. The van der Waals surface area contributed by atoms with Crippen LogP contribution in [-0.4, -0.2) is 33.2 Å². The number of aromatic nitrogens is 1. The average molecular weight is 455 g/mol. The summed E-state index contributed by atoms with van der Waals surface area (Å²) in [6.07, 6.45) is 2.29. The molecule has 1 aliphatic rings. The predicted octanol–water partition coefficient (Wildman–Crippen LogP) is 5.44. The van der Waals surface area contributed by atoms with E-state index in [1.807, 2.05) is 79.7 Å². The van der Waals surface area contributed by atoms with Gasteiger partial charge in [-0.1, -0.05) is 54.5 Å². The molecule has 2 atom stereocenters. The fraction of sp³-hybridized carbons (Fsp3) is 0.310. The lowest BCUT2D eigenvalue weighted by Gasteiger charge is -2.45. The van der Waals surface area contributed by atoms with Crippen LogP contribution in [0, 0.1) is 11.8 Å². The summed E-state index contributed by atoms with van der Waals surface area (Å²) in [5.41, 5.74) is 1.71. The Morgan fingerprint density at radius 3 is 2.38 bits per heavy atom. The zero-order valence-corrected chi connectivity index (χ0v) is 19.9. The number of hydrogen-bond acceptors (Lipinski definition) is 4. The van der Waals surface area contributed by atoms with Crippen LogP contribution >= 0.6 is 0 Å². The molecule has 0 bridgehead atoms. The van der Waals surface area contributed by atoms with Gasteiger partial charge in [0.15, 0.2) is 0 Å². The molecule has 0 radical (unpaired) electrons. The summed E-state index contributed by atoms with van der Waals surface area (Å²) in [6.45, 7) is 6.03. The Morgan fingerprint density at radius 1 is 1.06 bits per heavy atom. The number of nitrogens with zero attached hydrogens (tertiary/aromatic N) is 2. The van der Waals surface area contributed by atoms with Gasteiger partial charge in [0.25, 0.3) is 0 Å². The molecule has 0 aliphatic carbocycles. The van der Waals surface area contributed by atoms with Crippen LogP contribution in [-0.2, 0) is 10.3 Å². The van der Waals surface area contributed by atoms with Crippen LogP contribution < -0.4 is 0 Å². The van der Waals surface area contributed by atoms with Crippen LogP contribution in [0.5, 0.6) is 0 Å². The van der Waals surface area contributed by atoms with E-state index in [9.17, 15) is 9.90 Å². The van der Waals surface area contributed by atoms with E-state index in [0.29, 0.717) is 19.4 Å². The molecule has 5 nitrogen and oxygen atoms in total. The lowest BCUT2D eigenvalue weighted by Crippen LogP contribution is -2.51. The number of hydrogen-bond donors (Lipinski definition) is 1. The van der Waals surface area contributed by atoms with Crippen molar-refractivity contribution < 1.29 is 14.6 Å². The number of ether oxygens (including phenoxy) is 1. The molecular formula is C29H30N2O3. The van der Waals surface area contributed by atoms with E-state index in [-0.39, 0.29) is 12.1 Å². The van der Waals surface area contributed by atoms with Crippen molar-refractivity contribution in [2.45, 2.75) is 50.9 Å². The van der Waals surface area contributed by atoms with Crippen molar-refractivity contribution in [3.8, 4) is 11.8 Å². The van der Waals surface area contributed by atoms with Crippen molar-refractivity contribution in [3.05, 3.63) is 101 Å². The minimum absolute atomic E-state index is 0.152. The topological polar surface area (TPSA) is 62.7 Å². The Morgan fingerprint density at radius 2 is 1.76 bits per heavy atom. The van der Waals surface area contributed by atoms with E-state index in [0.717, 1.165) is 22.4 Å². The number of benzene rings is 2. The molecule has 2 aromatic carbocycles. The fourth-order valence-electron chi connectivity index (χ4n) is 4.49. The summed E-state index contributed by atoms with van der Waals surface area (Å²) in [6, 6.07) is 23.1. The van der Waals surface area contributed by atoms with E-state index in [4.69, 9.17) is 4.74 Å². The summed E-state index contributed by atoms with van der Waals surface area (Å²) in [7, 11) is 0. The smallest absolute Gasteiger partial charge is 0.411 e. The number of aliphatic hydroxyl groups is 1. The van der Waals surface area contributed by atoms with Gasteiger partial charge in [0, 0.05) is 31.1 Å². The number of carbonyl (C=O) groups excluding carboxylic acids is 1. The number of pyridine rings is 1. The van der Waals surface area contributed by atoms with Gasteiger partial charge in [-0.3, -0.25) is 0 Å². The first-order chi connectivity index (χ1) is 16.3. The number of cyclic esters (lactones) is 1. The van der Waals surface area contributed by atoms with Crippen molar-refractivity contribution in [1.82, 2.24) is 9.88 Å². The van der Waals surface area contributed by atoms with Gasteiger partial charge >= 0.3 is 6.09 Å². The highest BCUT2D eigenvalue weighted by Gasteiger charge is 2.46. The molecular weight excluding hydrogens is 424 g/mol. The van der Waals surface area contributed by atoms with Gasteiger partial charge in [0.05, 0.1) is 11.6 Å². The lowest BCUT2D eigenvalue weighted by molar-refractivity contribution is -0.101. The largest absolute Gasteiger partial charge is 0.438 e. The third kappa shape index (κ3) is 5.47. The van der Waals surface area contributed by atoms with Gasteiger partial charge in [-0.25, -0.2) is 9.78 Å². The van der Waals surface area contributed by atoms with E-state index < -0.39 is 11.2 Å². The lowest BCUT2D eigenvalue weighted by atomic mass is 9.80. The molecule has 0 unspecified atom stereocenters. The summed E-state index contributed by atoms with van der Waals surface area (Å²) in [5, 5.41) is 10.6. The van der Waals surface area contributed by atoms with Crippen LogP contribution in [0.25, 0.3) is 0 Å². The number of carbonyl (C=O) groups is 1. The molecule has 1 N–H and O–H groups in total. The van der Waals surface area contributed by atoms with Gasteiger partial charge in [0.2, 0.25) is 0 Å². The van der Waals surface area contributed by atoms with Gasteiger partial charge in [-0.2, -0.15) is 0 Å². The Hall–Kier alpha value is -3.62. The zero-order chi connectivity index (χ0) is 24.2.